The molecule has 1 unspecified atom stereocenters. The molecule has 0 aromatic rings. The first kappa shape index (κ1) is 19.2. The summed E-state index contributed by atoms with van der Waals surface area (Å²) >= 11 is 0. The molecule has 7 nitrogen and oxygen atoms in total. The smallest absolute Gasteiger partial charge is 0.317 e. The second-order valence-corrected chi connectivity index (χ2v) is 8.98. The quantitative estimate of drug-likeness (QED) is 0.620. The lowest BCUT2D eigenvalue weighted by atomic mass is 9.84. The summed E-state index contributed by atoms with van der Waals surface area (Å²) in [5.74, 6) is 0.759. The third-order valence-corrected chi connectivity index (χ3v) is 6.76. The number of nitrogens with zero attached hydrogens (tertiary/aromatic N) is 2. The van der Waals surface area contributed by atoms with Crippen molar-refractivity contribution < 1.29 is 19.4 Å². The highest BCUT2D eigenvalue weighted by atomic mass is 16.5. The largest absolute Gasteiger partial charge is 0.480 e. The van der Waals surface area contributed by atoms with Crippen LogP contribution in [0, 0.1) is 11.8 Å². The first-order valence-electron chi connectivity index (χ1n) is 10.7. The Morgan fingerprint density at radius 1 is 1.15 bits per heavy atom. The van der Waals surface area contributed by atoms with E-state index in [1.807, 2.05) is 0 Å². The van der Waals surface area contributed by atoms with Crippen molar-refractivity contribution in [2.45, 2.75) is 63.1 Å². The molecule has 0 aromatic carbocycles. The minimum Gasteiger partial charge on any atom is -0.480 e. The van der Waals surface area contributed by atoms with Gasteiger partial charge in [-0.15, -0.1) is 0 Å². The number of nitrogens with one attached hydrogen (secondary N) is 1. The number of hydrogen-bond donors (Lipinski definition) is 2. The Morgan fingerprint density at radius 3 is 2.56 bits per heavy atom. The molecule has 152 valence electrons. The van der Waals surface area contributed by atoms with E-state index in [0.29, 0.717) is 25.2 Å². The summed E-state index contributed by atoms with van der Waals surface area (Å²) in [5.41, 5.74) is 0. The van der Waals surface area contributed by atoms with Gasteiger partial charge in [0.1, 0.15) is 6.04 Å². The number of carboxylic acid groups (broad SMARTS) is 1. The molecule has 1 saturated heterocycles. The molecule has 1 atom stereocenters. The summed E-state index contributed by atoms with van der Waals surface area (Å²) in [7, 11) is 0. The predicted octanol–water partition coefficient (Wildman–Crippen LogP) is 0.931. The lowest BCUT2D eigenvalue weighted by Gasteiger charge is -2.44. The molecule has 1 aliphatic heterocycles. The van der Waals surface area contributed by atoms with E-state index in [4.69, 9.17) is 9.84 Å². The van der Waals surface area contributed by atoms with E-state index in [1.54, 1.807) is 0 Å². The molecule has 1 amide bonds. The Bertz CT molecular complexity index is 543. The zero-order valence-corrected chi connectivity index (χ0v) is 16.1. The van der Waals surface area contributed by atoms with Gasteiger partial charge in [0, 0.05) is 31.7 Å². The number of carboxylic acids is 1. The Kier molecular flexibility index (Phi) is 5.99. The Morgan fingerprint density at radius 2 is 1.93 bits per heavy atom. The minimum absolute atomic E-state index is 0.0875. The van der Waals surface area contributed by atoms with Gasteiger partial charge in [-0.25, -0.2) is 0 Å². The Hall–Kier alpha value is -1.18. The molecule has 4 aliphatic rings. The summed E-state index contributed by atoms with van der Waals surface area (Å²) in [5, 5.41) is 12.4. The van der Waals surface area contributed by atoms with Crippen molar-refractivity contribution in [1.82, 2.24) is 15.1 Å². The molecule has 1 heterocycles. The molecule has 0 spiro atoms. The third-order valence-electron chi connectivity index (χ3n) is 6.76. The number of ether oxygens (including phenoxy) is 1. The third kappa shape index (κ3) is 5.00. The summed E-state index contributed by atoms with van der Waals surface area (Å²) in [6.07, 6.45) is 8.07. The maximum Gasteiger partial charge on any atom is 0.317 e. The molecule has 0 aromatic heterocycles. The van der Waals surface area contributed by atoms with E-state index in [9.17, 15) is 9.59 Å². The van der Waals surface area contributed by atoms with Crippen molar-refractivity contribution in [3.8, 4) is 0 Å². The molecule has 4 rings (SSSR count). The van der Waals surface area contributed by atoms with Crippen molar-refractivity contribution in [2.24, 2.45) is 11.8 Å². The van der Waals surface area contributed by atoms with Crippen molar-refractivity contribution in [2.75, 3.05) is 39.4 Å². The van der Waals surface area contributed by atoms with Crippen LogP contribution in [0.25, 0.3) is 0 Å². The second-order valence-electron chi connectivity index (χ2n) is 8.98. The molecule has 3 saturated carbocycles. The lowest BCUT2D eigenvalue weighted by Crippen LogP contribution is -2.60. The van der Waals surface area contributed by atoms with Gasteiger partial charge in [-0.05, 0) is 50.4 Å². The number of amides is 1. The SMILES string of the molecule is O=C(O)CN(CC1CC1)C1CC(NC(=O)C2COCCN2CC2CCC2)C1. The van der Waals surface area contributed by atoms with Crippen LogP contribution in [0.2, 0.25) is 0 Å². The highest BCUT2D eigenvalue weighted by Crippen LogP contribution is 2.34. The molecule has 0 radical (unpaired) electrons. The fourth-order valence-electron chi connectivity index (χ4n) is 4.55. The number of carbonyl (C=O) groups is 2. The van der Waals surface area contributed by atoms with E-state index >= 15 is 0 Å². The van der Waals surface area contributed by atoms with E-state index in [-0.39, 0.29) is 24.5 Å². The topological polar surface area (TPSA) is 82.1 Å². The molecule has 2 N–H and O–H groups in total. The molecule has 4 fully saturated rings. The molecular formula is C20H33N3O4. The van der Waals surface area contributed by atoms with Crippen molar-refractivity contribution in [3.05, 3.63) is 0 Å². The van der Waals surface area contributed by atoms with Gasteiger partial charge in [-0.3, -0.25) is 19.4 Å². The van der Waals surface area contributed by atoms with Gasteiger partial charge in [0.2, 0.25) is 5.91 Å². The predicted molar refractivity (Wildman–Crippen MR) is 100 cm³/mol. The van der Waals surface area contributed by atoms with Gasteiger partial charge in [0.05, 0.1) is 19.8 Å². The van der Waals surface area contributed by atoms with Gasteiger partial charge < -0.3 is 15.2 Å². The van der Waals surface area contributed by atoms with Gasteiger partial charge in [-0.2, -0.15) is 0 Å². The van der Waals surface area contributed by atoms with E-state index < -0.39 is 5.97 Å². The molecular weight excluding hydrogens is 346 g/mol. The van der Waals surface area contributed by atoms with Gasteiger partial charge in [-0.1, -0.05) is 6.42 Å². The van der Waals surface area contributed by atoms with E-state index in [2.05, 4.69) is 15.1 Å². The van der Waals surface area contributed by atoms with Gasteiger partial charge >= 0.3 is 5.97 Å². The van der Waals surface area contributed by atoms with Crippen LogP contribution in [0.1, 0.15) is 44.9 Å². The number of carbonyl (C=O) groups excluding carboxylic acids is 1. The molecule has 0 bridgehead atoms. The second kappa shape index (κ2) is 8.45. The van der Waals surface area contributed by atoms with Crippen LogP contribution in [0.4, 0.5) is 0 Å². The molecule has 27 heavy (non-hydrogen) atoms. The van der Waals surface area contributed by atoms with Crippen molar-refractivity contribution >= 4 is 11.9 Å². The normalized spacial score (nSPS) is 32.0. The van der Waals surface area contributed by atoms with Crippen LogP contribution in [0.5, 0.6) is 0 Å². The Balaban J connectivity index is 1.24. The summed E-state index contributed by atoms with van der Waals surface area (Å²) in [6, 6.07) is 0.297. The van der Waals surface area contributed by atoms with Crippen LogP contribution >= 0.6 is 0 Å². The van der Waals surface area contributed by atoms with Crippen LogP contribution in [0.3, 0.4) is 0 Å². The summed E-state index contributed by atoms with van der Waals surface area (Å²) in [6.45, 7) is 4.07. The highest BCUT2D eigenvalue weighted by molar-refractivity contribution is 5.82. The monoisotopic (exact) mass is 379 g/mol. The molecule has 3 aliphatic carbocycles. The Labute approximate surface area is 161 Å². The fraction of sp³-hybridized carbons (Fsp3) is 0.900. The summed E-state index contributed by atoms with van der Waals surface area (Å²) < 4.78 is 5.58. The standard InChI is InChI=1S/C20H33N3O4/c24-19(25)12-23(11-15-4-5-15)17-8-16(9-17)21-20(26)18-13-27-7-6-22(18)10-14-2-1-3-14/h14-18H,1-13H2,(H,21,26)(H,24,25). The first-order chi connectivity index (χ1) is 13.1. The average molecular weight is 380 g/mol. The average Bonchev–Trinajstić information content (AvgIpc) is 3.37. The minimum atomic E-state index is -0.755. The first-order valence-corrected chi connectivity index (χ1v) is 10.7. The van der Waals surface area contributed by atoms with Crippen LogP contribution in [0.15, 0.2) is 0 Å². The number of morpholine rings is 1. The number of aliphatic carboxylic acids is 1. The van der Waals surface area contributed by atoms with Gasteiger partial charge in [0.15, 0.2) is 0 Å². The molecule has 7 heteroatoms. The van der Waals surface area contributed by atoms with Crippen molar-refractivity contribution in [1.29, 1.82) is 0 Å². The maximum atomic E-state index is 12.8. The van der Waals surface area contributed by atoms with E-state index in [0.717, 1.165) is 38.4 Å². The summed E-state index contributed by atoms with van der Waals surface area (Å²) in [4.78, 5) is 28.4. The fourth-order valence-corrected chi connectivity index (χ4v) is 4.55. The number of rotatable bonds is 9. The number of hydrogen-bond acceptors (Lipinski definition) is 5. The van der Waals surface area contributed by atoms with Crippen LogP contribution in [-0.4, -0.2) is 84.3 Å². The van der Waals surface area contributed by atoms with Crippen LogP contribution in [-0.2, 0) is 14.3 Å². The van der Waals surface area contributed by atoms with Crippen LogP contribution < -0.4 is 5.32 Å². The lowest BCUT2D eigenvalue weighted by molar-refractivity contribution is -0.141. The maximum absolute atomic E-state index is 12.8. The zero-order valence-electron chi connectivity index (χ0n) is 16.1. The van der Waals surface area contributed by atoms with Gasteiger partial charge in [0.25, 0.3) is 0 Å². The zero-order chi connectivity index (χ0) is 18.8. The van der Waals surface area contributed by atoms with E-state index in [1.165, 1.54) is 32.1 Å². The van der Waals surface area contributed by atoms with Crippen molar-refractivity contribution in [3.63, 3.8) is 0 Å². The highest BCUT2D eigenvalue weighted by Gasteiger charge is 2.40.